The lowest BCUT2D eigenvalue weighted by molar-refractivity contribution is -0.131. The smallest absolute Gasteiger partial charge is 0.224 e. The van der Waals surface area contributed by atoms with E-state index in [0.29, 0.717) is 19.5 Å². The third-order valence-electron chi connectivity index (χ3n) is 6.45. The van der Waals surface area contributed by atoms with Gasteiger partial charge in [0, 0.05) is 49.1 Å². The van der Waals surface area contributed by atoms with Crippen LogP contribution in [0, 0.1) is 0 Å². The molecule has 0 N–H and O–H groups in total. The zero-order valence-corrected chi connectivity index (χ0v) is 18.9. The molecule has 0 atom stereocenters. The number of hydrogen-bond donors (Lipinski definition) is 0. The van der Waals surface area contributed by atoms with E-state index in [2.05, 4.69) is 57.9 Å². The predicted octanol–water partition coefficient (Wildman–Crippen LogP) is 4.28. The molecule has 5 aromatic rings. The Hall–Kier alpha value is -4.20. The van der Waals surface area contributed by atoms with Crippen molar-refractivity contribution in [1.82, 2.24) is 29.7 Å². The van der Waals surface area contributed by atoms with E-state index in [1.54, 1.807) is 17.1 Å². The van der Waals surface area contributed by atoms with E-state index < -0.39 is 0 Å². The molecule has 0 fully saturated rings. The van der Waals surface area contributed by atoms with Gasteiger partial charge in [-0.3, -0.25) is 14.2 Å². The van der Waals surface area contributed by atoms with Crippen LogP contribution in [0.5, 0.6) is 0 Å². The number of amides is 1. The van der Waals surface area contributed by atoms with E-state index in [-0.39, 0.29) is 5.91 Å². The van der Waals surface area contributed by atoms with Crippen LogP contribution in [0.25, 0.3) is 38.8 Å². The molecule has 8 nitrogen and oxygen atoms in total. The molecule has 1 aliphatic heterocycles. The summed E-state index contributed by atoms with van der Waals surface area (Å²) in [4.78, 5) is 14.7. The first-order chi connectivity index (χ1) is 16.6. The van der Waals surface area contributed by atoms with Crippen molar-refractivity contribution >= 4 is 33.4 Å². The average molecular weight is 453 g/mol. The highest BCUT2D eigenvalue weighted by Gasteiger charge is 2.20. The summed E-state index contributed by atoms with van der Waals surface area (Å²) < 4.78 is 9.72. The first-order valence-electron chi connectivity index (χ1n) is 11.4. The quantitative estimate of drug-likeness (QED) is 0.397. The fourth-order valence-corrected chi connectivity index (χ4v) is 4.57. The monoisotopic (exact) mass is 452 g/mol. The van der Waals surface area contributed by atoms with Crippen LogP contribution in [0.4, 0.5) is 0 Å². The second kappa shape index (κ2) is 8.30. The second-order valence-corrected chi connectivity index (χ2v) is 8.65. The van der Waals surface area contributed by atoms with E-state index in [1.807, 2.05) is 28.9 Å². The molecule has 34 heavy (non-hydrogen) atoms. The Bertz CT molecular complexity index is 1530. The highest BCUT2D eigenvalue weighted by Crippen LogP contribution is 2.32. The molecule has 0 saturated carbocycles. The maximum absolute atomic E-state index is 12.8. The average Bonchev–Trinajstić information content (AvgIpc) is 3.62. The lowest BCUT2D eigenvalue weighted by atomic mass is 9.99. The molecule has 1 aliphatic rings. The summed E-state index contributed by atoms with van der Waals surface area (Å²) in [5.74, 6) is 0.969. The Balaban J connectivity index is 1.22. The predicted molar refractivity (Wildman–Crippen MR) is 130 cm³/mol. The van der Waals surface area contributed by atoms with Crippen LogP contribution in [0.2, 0.25) is 0 Å². The standard InChI is InChI=1S/C26H24N6O2/c1-30-23-14-19(4-5-20(23)16-28-30)25-15-22-13-18(6-7-24(22)34-25)21-3-2-10-31(17-21)26(33)8-11-32-12-9-27-29-32/h3-7,9,12-16H,2,8,10-11,17H2,1H3. The summed E-state index contributed by atoms with van der Waals surface area (Å²) in [5, 5.41) is 14.2. The van der Waals surface area contributed by atoms with Crippen molar-refractivity contribution < 1.29 is 9.21 Å². The topological polar surface area (TPSA) is 82.0 Å². The highest BCUT2D eigenvalue weighted by atomic mass is 16.3. The van der Waals surface area contributed by atoms with E-state index in [1.165, 1.54) is 5.57 Å². The molecule has 0 bridgehead atoms. The lowest BCUT2D eigenvalue weighted by Crippen LogP contribution is -2.35. The summed E-state index contributed by atoms with van der Waals surface area (Å²) >= 11 is 0. The molecule has 8 heteroatoms. The lowest BCUT2D eigenvalue weighted by Gasteiger charge is -2.27. The third kappa shape index (κ3) is 3.77. The van der Waals surface area contributed by atoms with Gasteiger partial charge in [-0.15, -0.1) is 5.10 Å². The summed E-state index contributed by atoms with van der Waals surface area (Å²) in [6, 6.07) is 14.6. The number of rotatable bonds is 5. The maximum Gasteiger partial charge on any atom is 0.224 e. The van der Waals surface area contributed by atoms with Crippen LogP contribution in [0.1, 0.15) is 18.4 Å². The minimum atomic E-state index is 0.137. The summed E-state index contributed by atoms with van der Waals surface area (Å²) in [7, 11) is 1.94. The van der Waals surface area contributed by atoms with Gasteiger partial charge in [0.15, 0.2) is 0 Å². The Kier molecular flexibility index (Phi) is 4.98. The van der Waals surface area contributed by atoms with Crippen LogP contribution in [-0.2, 0) is 18.4 Å². The Morgan fingerprint density at radius 3 is 2.88 bits per heavy atom. The number of furan rings is 1. The normalized spacial score (nSPS) is 14.1. The number of carbonyl (C=O) groups is 1. The number of benzene rings is 2. The van der Waals surface area contributed by atoms with Gasteiger partial charge in [0.25, 0.3) is 0 Å². The first kappa shape index (κ1) is 20.4. The third-order valence-corrected chi connectivity index (χ3v) is 6.45. The largest absolute Gasteiger partial charge is 0.456 e. The van der Waals surface area contributed by atoms with Gasteiger partial charge in [-0.2, -0.15) is 5.10 Å². The van der Waals surface area contributed by atoms with Gasteiger partial charge in [-0.05, 0) is 41.8 Å². The molecule has 0 spiro atoms. The fourth-order valence-electron chi connectivity index (χ4n) is 4.57. The van der Waals surface area contributed by atoms with E-state index in [9.17, 15) is 4.79 Å². The second-order valence-electron chi connectivity index (χ2n) is 8.65. The van der Waals surface area contributed by atoms with Gasteiger partial charge < -0.3 is 9.32 Å². The first-order valence-corrected chi connectivity index (χ1v) is 11.4. The van der Waals surface area contributed by atoms with Gasteiger partial charge in [0.05, 0.1) is 24.5 Å². The van der Waals surface area contributed by atoms with E-state index in [0.717, 1.165) is 51.7 Å². The van der Waals surface area contributed by atoms with Crippen molar-refractivity contribution in [2.45, 2.75) is 19.4 Å². The van der Waals surface area contributed by atoms with Crippen molar-refractivity contribution in [3.63, 3.8) is 0 Å². The number of aromatic nitrogens is 5. The zero-order chi connectivity index (χ0) is 23.1. The van der Waals surface area contributed by atoms with E-state index in [4.69, 9.17) is 4.42 Å². The van der Waals surface area contributed by atoms with Crippen molar-refractivity contribution in [1.29, 1.82) is 0 Å². The van der Waals surface area contributed by atoms with Gasteiger partial charge >= 0.3 is 0 Å². The molecule has 6 rings (SSSR count). The Morgan fingerprint density at radius 1 is 1.09 bits per heavy atom. The van der Waals surface area contributed by atoms with Crippen molar-refractivity contribution in [3.8, 4) is 11.3 Å². The van der Waals surface area contributed by atoms with Crippen LogP contribution in [0.3, 0.4) is 0 Å². The Labute approximate surface area is 196 Å². The van der Waals surface area contributed by atoms with Gasteiger partial charge in [-0.25, -0.2) is 0 Å². The van der Waals surface area contributed by atoms with Crippen molar-refractivity contribution in [3.05, 3.63) is 72.7 Å². The van der Waals surface area contributed by atoms with Gasteiger partial charge in [0.1, 0.15) is 11.3 Å². The van der Waals surface area contributed by atoms with Crippen LogP contribution in [0.15, 0.2) is 71.5 Å². The van der Waals surface area contributed by atoms with Crippen LogP contribution in [-0.4, -0.2) is 48.7 Å². The van der Waals surface area contributed by atoms with Gasteiger partial charge in [0.2, 0.25) is 5.91 Å². The van der Waals surface area contributed by atoms with Crippen LogP contribution >= 0.6 is 0 Å². The SMILES string of the molecule is Cn1ncc2ccc(-c3cc4cc(C5=CCCN(C(=O)CCn6ccnn6)C5)ccc4o3)cc21. The molecule has 0 aliphatic carbocycles. The number of carbonyl (C=O) groups excluding carboxylic acids is 1. The molecule has 3 aromatic heterocycles. The van der Waals surface area contributed by atoms with Crippen molar-refractivity contribution in [2.75, 3.05) is 13.1 Å². The summed E-state index contributed by atoms with van der Waals surface area (Å²) in [6.07, 6.45) is 8.77. The molecule has 0 radical (unpaired) electrons. The molecule has 4 heterocycles. The number of aryl methyl sites for hydroxylation is 2. The molecule has 0 unspecified atom stereocenters. The van der Waals surface area contributed by atoms with Gasteiger partial charge in [-0.1, -0.05) is 29.5 Å². The molecule has 2 aromatic carbocycles. The minimum absolute atomic E-state index is 0.137. The molecular weight excluding hydrogens is 428 g/mol. The number of hydrogen-bond acceptors (Lipinski definition) is 5. The number of fused-ring (bicyclic) bond motifs is 2. The maximum atomic E-state index is 12.8. The number of nitrogens with zero attached hydrogens (tertiary/aromatic N) is 6. The Morgan fingerprint density at radius 2 is 2.00 bits per heavy atom. The minimum Gasteiger partial charge on any atom is -0.456 e. The molecule has 0 saturated heterocycles. The van der Waals surface area contributed by atoms with Crippen molar-refractivity contribution in [2.24, 2.45) is 7.05 Å². The van der Waals surface area contributed by atoms with Crippen LogP contribution < -0.4 is 0 Å². The molecular formula is C26H24N6O2. The summed E-state index contributed by atoms with van der Waals surface area (Å²) in [5.41, 5.74) is 5.23. The molecule has 1 amide bonds. The summed E-state index contributed by atoms with van der Waals surface area (Å²) in [6.45, 7) is 1.90. The fraction of sp³-hybridized carbons (Fsp3) is 0.231. The molecule has 170 valence electrons. The van der Waals surface area contributed by atoms with E-state index >= 15 is 0 Å². The highest BCUT2D eigenvalue weighted by molar-refractivity contribution is 5.89. The zero-order valence-electron chi connectivity index (χ0n) is 18.9.